The van der Waals surface area contributed by atoms with E-state index in [2.05, 4.69) is 0 Å². The second-order valence-electron chi connectivity index (χ2n) is 6.75. The maximum Gasteiger partial charge on any atom is 0.416 e. The fourth-order valence-electron chi connectivity index (χ4n) is 3.69. The van der Waals surface area contributed by atoms with Crippen LogP contribution in [0, 0.1) is 0 Å². The summed E-state index contributed by atoms with van der Waals surface area (Å²) in [6.07, 6.45) is -4.75. The van der Waals surface area contributed by atoms with Crippen LogP contribution in [0.15, 0.2) is 69.2 Å². The number of carbonyl (C=O) groups is 1. The molecule has 4 rings (SSSR count). The van der Waals surface area contributed by atoms with Crippen molar-refractivity contribution in [3.63, 3.8) is 0 Å². The van der Waals surface area contributed by atoms with E-state index < -0.39 is 40.7 Å². The van der Waals surface area contributed by atoms with Crippen LogP contribution in [0.1, 0.15) is 29.5 Å². The van der Waals surface area contributed by atoms with E-state index in [0.29, 0.717) is 5.39 Å². The summed E-state index contributed by atoms with van der Waals surface area (Å²) in [5.41, 5.74) is 3.21. The summed E-state index contributed by atoms with van der Waals surface area (Å²) < 4.78 is 57.4. The molecule has 2 heterocycles. The Morgan fingerprint density at radius 2 is 1.81 bits per heavy atom. The van der Waals surface area contributed by atoms with Crippen molar-refractivity contribution in [1.29, 1.82) is 0 Å². The van der Waals surface area contributed by atoms with Gasteiger partial charge in [0.05, 0.1) is 29.0 Å². The quantitative estimate of drug-likeness (QED) is 0.497. The molecule has 0 radical (unpaired) electrons. The number of esters is 1. The zero-order valence-electron chi connectivity index (χ0n) is 16.2. The second-order valence-corrected chi connectivity index (χ2v) is 6.75. The zero-order valence-corrected chi connectivity index (χ0v) is 16.2. The van der Waals surface area contributed by atoms with Gasteiger partial charge in [-0.25, -0.2) is 9.59 Å². The third-order valence-electron chi connectivity index (χ3n) is 4.93. The van der Waals surface area contributed by atoms with Crippen LogP contribution in [-0.2, 0) is 15.7 Å². The van der Waals surface area contributed by atoms with Gasteiger partial charge in [0.2, 0.25) is 5.88 Å². The number of hydrogen-bond acceptors (Lipinski definition) is 6. The molecule has 1 unspecified atom stereocenters. The first-order valence-electron chi connectivity index (χ1n) is 9.30. The van der Waals surface area contributed by atoms with Crippen molar-refractivity contribution in [2.75, 3.05) is 6.61 Å². The Hall–Kier alpha value is -3.75. The lowest BCUT2D eigenvalue weighted by atomic mass is 9.81. The lowest BCUT2D eigenvalue weighted by molar-refractivity contribution is -0.140. The first-order chi connectivity index (χ1) is 14.7. The Balaban J connectivity index is 2.10. The molecule has 1 atom stereocenters. The van der Waals surface area contributed by atoms with Crippen molar-refractivity contribution in [3.05, 3.63) is 87.1 Å². The highest BCUT2D eigenvalue weighted by Crippen LogP contribution is 2.47. The van der Waals surface area contributed by atoms with Gasteiger partial charge in [0.25, 0.3) is 0 Å². The van der Waals surface area contributed by atoms with Gasteiger partial charge in [0.15, 0.2) is 5.75 Å². The Kier molecular flexibility index (Phi) is 4.96. The van der Waals surface area contributed by atoms with Gasteiger partial charge in [-0.05, 0) is 30.7 Å². The number of para-hydroxylation sites is 1. The lowest BCUT2D eigenvalue weighted by Gasteiger charge is -2.29. The van der Waals surface area contributed by atoms with Crippen LogP contribution in [0.3, 0.4) is 0 Å². The molecule has 0 fully saturated rings. The molecule has 2 N–H and O–H groups in total. The Morgan fingerprint density at radius 3 is 2.52 bits per heavy atom. The summed E-state index contributed by atoms with van der Waals surface area (Å²) in [5.74, 6) is -2.98. The molecule has 9 heteroatoms. The maximum absolute atomic E-state index is 13.8. The molecule has 0 amide bonds. The van der Waals surface area contributed by atoms with Crippen molar-refractivity contribution >= 4 is 16.9 Å². The van der Waals surface area contributed by atoms with Crippen molar-refractivity contribution in [3.8, 4) is 5.75 Å². The molecule has 160 valence electrons. The zero-order chi connectivity index (χ0) is 22.3. The summed E-state index contributed by atoms with van der Waals surface area (Å²) >= 11 is 0. The smallest absolute Gasteiger partial charge is 0.416 e. The minimum Gasteiger partial charge on any atom is -0.462 e. The van der Waals surface area contributed by atoms with Crippen LogP contribution in [0.25, 0.3) is 11.0 Å². The van der Waals surface area contributed by atoms with Crippen LogP contribution in [0.4, 0.5) is 13.2 Å². The SMILES string of the molecule is CCOC(=O)C1=C(N)Oc2c(c(=O)oc3ccccc23)C1c1ccccc1C(F)(F)F. The maximum atomic E-state index is 13.8. The van der Waals surface area contributed by atoms with E-state index in [1.807, 2.05) is 0 Å². The van der Waals surface area contributed by atoms with E-state index in [9.17, 15) is 22.8 Å². The van der Waals surface area contributed by atoms with Crippen LogP contribution in [0.5, 0.6) is 5.75 Å². The van der Waals surface area contributed by atoms with Crippen molar-refractivity contribution in [2.24, 2.45) is 5.73 Å². The van der Waals surface area contributed by atoms with Gasteiger partial charge in [0.1, 0.15) is 11.2 Å². The van der Waals surface area contributed by atoms with Gasteiger partial charge in [0, 0.05) is 0 Å². The third-order valence-corrected chi connectivity index (χ3v) is 4.93. The highest BCUT2D eigenvalue weighted by molar-refractivity contribution is 5.94. The van der Waals surface area contributed by atoms with E-state index in [0.717, 1.165) is 6.07 Å². The summed E-state index contributed by atoms with van der Waals surface area (Å²) in [7, 11) is 0. The van der Waals surface area contributed by atoms with Gasteiger partial charge < -0.3 is 19.6 Å². The van der Waals surface area contributed by atoms with Crippen molar-refractivity contribution < 1.29 is 31.9 Å². The lowest BCUT2D eigenvalue weighted by Crippen LogP contribution is -2.32. The molecular weight excluding hydrogens is 415 g/mol. The molecule has 0 bridgehead atoms. The minimum atomic E-state index is -4.75. The van der Waals surface area contributed by atoms with E-state index in [4.69, 9.17) is 19.6 Å². The topological polar surface area (TPSA) is 91.8 Å². The van der Waals surface area contributed by atoms with E-state index in [1.54, 1.807) is 18.2 Å². The van der Waals surface area contributed by atoms with E-state index >= 15 is 0 Å². The first-order valence-corrected chi connectivity index (χ1v) is 9.30. The predicted octanol–water partition coefficient (Wildman–Crippen LogP) is 4.07. The molecule has 1 aliphatic heterocycles. The molecule has 0 aliphatic carbocycles. The van der Waals surface area contributed by atoms with Crippen molar-refractivity contribution in [1.82, 2.24) is 0 Å². The molecule has 2 aromatic carbocycles. The number of fused-ring (bicyclic) bond motifs is 3. The monoisotopic (exact) mass is 431 g/mol. The number of hydrogen-bond donors (Lipinski definition) is 1. The van der Waals surface area contributed by atoms with Gasteiger partial charge in [-0.1, -0.05) is 30.3 Å². The molecule has 1 aliphatic rings. The molecule has 0 saturated carbocycles. The van der Waals surface area contributed by atoms with Gasteiger partial charge >= 0.3 is 17.8 Å². The summed E-state index contributed by atoms with van der Waals surface area (Å²) in [5, 5.41) is 0.331. The molecule has 1 aromatic heterocycles. The predicted molar refractivity (Wildman–Crippen MR) is 104 cm³/mol. The van der Waals surface area contributed by atoms with Gasteiger partial charge in [-0.2, -0.15) is 13.2 Å². The summed E-state index contributed by atoms with van der Waals surface area (Å²) in [6, 6.07) is 11.0. The Bertz CT molecular complexity index is 1280. The third kappa shape index (κ3) is 3.41. The molecular formula is C22H16F3NO5. The molecule has 31 heavy (non-hydrogen) atoms. The van der Waals surface area contributed by atoms with Gasteiger partial charge in [-0.3, -0.25) is 0 Å². The average molecular weight is 431 g/mol. The fraction of sp³-hybridized carbons (Fsp3) is 0.182. The molecule has 6 nitrogen and oxygen atoms in total. The number of rotatable bonds is 3. The first kappa shape index (κ1) is 20.5. The standard InChI is InChI=1S/C22H16F3NO5/c1-2-29-20(27)17-15(11-7-3-5-9-13(11)22(23,24)25)16-18(31-19(17)26)12-8-4-6-10-14(12)30-21(16)28/h3-10,15H,2,26H2,1H3. The Morgan fingerprint density at radius 1 is 1.13 bits per heavy atom. The largest absolute Gasteiger partial charge is 0.462 e. The second kappa shape index (κ2) is 7.50. The number of alkyl halides is 3. The number of nitrogens with two attached hydrogens (primary N) is 1. The summed E-state index contributed by atoms with van der Waals surface area (Å²) in [4.78, 5) is 25.6. The minimum absolute atomic E-state index is 0.0531. The van der Waals surface area contributed by atoms with Crippen LogP contribution in [-0.4, -0.2) is 12.6 Å². The van der Waals surface area contributed by atoms with Crippen LogP contribution in [0.2, 0.25) is 0 Å². The average Bonchev–Trinajstić information content (AvgIpc) is 2.72. The number of ether oxygens (including phenoxy) is 2. The number of halogens is 3. The van der Waals surface area contributed by atoms with E-state index in [1.165, 1.54) is 31.2 Å². The van der Waals surface area contributed by atoms with Crippen LogP contribution >= 0.6 is 0 Å². The molecule has 3 aromatic rings. The van der Waals surface area contributed by atoms with E-state index in [-0.39, 0.29) is 29.1 Å². The highest BCUT2D eigenvalue weighted by atomic mass is 19.4. The van der Waals surface area contributed by atoms with Crippen molar-refractivity contribution in [2.45, 2.75) is 19.0 Å². The molecule has 0 spiro atoms. The summed E-state index contributed by atoms with van der Waals surface area (Å²) in [6.45, 7) is 1.48. The highest BCUT2D eigenvalue weighted by Gasteiger charge is 2.43. The van der Waals surface area contributed by atoms with Crippen LogP contribution < -0.4 is 16.1 Å². The normalized spacial score (nSPS) is 16.1. The number of benzene rings is 2. The Labute approximate surface area is 173 Å². The fourth-order valence-corrected chi connectivity index (χ4v) is 3.69. The molecule has 0 saturated heterocycles. The van der Waals surface area contributed by atoms with Gasteiger partial charge in [-0.15, -0.1) is 0 Å². The number of carbonyl (C=O) groups excluding carboxylic acids is 1.